The lowest BCUT2D eigenvalue weighted by Crippen LogP contribution is -2.53. The van der Waals surface area contributed by atoms with Gasteiger partial charge in [0.2, 0.25) is 0 Å². The number of fused-ring (bicyclic) bond motifs is 2. The van der Waals surface area contributed by atoms with Gasteiger partial charge < -0.3 is 5.73 Å². The number of nitrogens with zero attached hydrogens (tertiary/aromatic N) is 1. The second-order valence-electron chi connectivity index (χ2n) is 3.81. The standard InChI is InChI=1S/C8H15FN2/c1-11-5-2-3-7(11)8(9)6(10)4-5/h5-8H,2-4,10H2,1H3/t5-,6+,7+,8-/m1/s1. The van der Waals surface area contributed by atoms with E-state index in [-0.39, 0.29) is 12.1 Å². The molecule has 2 aliphatic rings. The minimum atomic E-state index is -0.793. The van der Waals surface area contributed by atoms with Crippen molar-refractivity contribution in [2.45, 2.75) is 43.6 Å². The first-order chi connectivity index (χ1) is 5.20. The van der Waals surface area contributed by atoms with Crippen LogP contribution in [0, 0.1) is 0 Å². The van der Waals surface area contributed by atoms with E-state index in [1.165, 1.54) is 0 Å². The molecule has 2 N–H and O–H groups in total. The molecule has 2 heterocycles. The Labute approximate surface area is 66.5 Å². The Balaban J connectivity index is 2.16. The fourth-order valence-corrected chi connectivity index (χ4v) is 2.44. The van der Waals surface area contributed by atoms with Gasteiger partial charge in [-0.2, -0.15) is 0 Å². The van der Waals surface area contributed by atoms with Crippen LogP contribution < -0.4 is 5.73 Å². The molecular formula is C8H15FN2. The van der Waals surface area contributed by atoms with Gasteiger partial charge >= 0.3 is 0 Å². The van der Waals surface area contributed by atoms with E-state index in [4.69, 9.17) is 5.73 Å². The van der Waals surface area contributed by atoms with Crippen molar-refractivity contribution in [3.8, 4) is 0 Å². The average Bonchev–Trinajstić information content (AvgIpc) is 2.23. The van der Waals surface area contributed by atoms with Crippen molar-refractivity contribution in [3.63, 3.8) is 0 Å². The molecule has 2 aliphatic heterocycles. The molecule has 64 valence electrons. The molecule has 0 unspecified atom stereocenters. The first kappa shape index (κ1) is 7.50. The summed E-state index contributed by atoms with van der Waals surface area (Å²) >= 11 is 0. The van der Waals surface area contributed by atoms with Crippen LogP contribution in [0.1, 0.15) is 19.3 Å². The molecule has 4 atom stereocenters. The van der Waals surface area contributed by atoms with E-state index in [0.29, 0.717) is 6.04 Å². The molecule has 3 heteroatoms. The zero-order valence-corrected chi connectivity index (χ0v) is 6.83. The Kier molecular flexibility index (Phi) is 1.65. The Morgan fingerprint density at radius 3 is 2.91 bits per heavy atom. The predicted molar refractivity (Wildman–Crippen MR) is 42.1 cm³/mol. The fraction of sp³-hybridized carbons (Fsp3) is 1.00. The predicted octanol–water partition coefficient (Wildman–Crippen LogP) is 0.518. The van der Waals surface area contributed by atoms with Crippen LogP contribution in [0.5, 0.6) is 0 Å². The third-order valence-corrected chi connectivity index (χ3v) is 3.22. The van der Waals surface area contributed by atoms with Crippen LogP contribution in [0.15, 0.2) is 0 Å². The zero-order valence-electron chi connectivity index (χ0n) is 6.83. The second-order valence-corrected chi connectivity index (χ2v) is 3.81. The number of nitrogens with two attached hydrogens (primary N) is 1. The highest BCUT2D eigenvalue weighted by molar-refractivity contribution is 5.00. The van der Waals surface area contributed by atoms with Gasteiger partial charge in [0, 0.05) is 18.1 Å². The maximum Gasteiger partial charge on any atom is 0.131 e. The smallest absolute Gasteiger partial charge is 0.131 e. The molecule has 2 fully saturated rings. The first-order valence-electron chi connectivity index (χ1n) is 4.31. The van der Waals surface area contributed by atoms with Gasteiger partial charge in [0.25, 0.3) is 0 Å². The van der Waals surface area contributed by atoms with E-state index in [2.05, 4.69) is 4.90 Å². The zero-order chi connectivity index (χ0) is 8.01. The molecule has 2 bridgehead atoms. The average molecular weight is 158 g/mol. The van der Waals surface area contributed by atoms with Crippen LogP contribution in [-0.2, 0) is 0 Å². The van der Waals surface area contributed by atoms with Crippen LogP contribution in [0.3, 0.4) is 0 Å². The van der Waals surface area contributed by atoms with E-state index in [0.717, 1.165) is 19.3 Å². The summed E-state index contributed by atoms with van der Waals surface area (Å²) in [5.41, 5.74) is 5.66. The Morgan fingerprint density at radius 1 is 1.45 bits per heavy atom. The number of rotatable bonds is 0. The number of alkyl halides is 1. The summed E-state index contributed by atoms with van der Waals surface area (Å²) in [6.07, 6.45) is 2.18. The number of halogens is 1. The van der Waals surface area contributed by atoms with Crippen molar-refractivity contribution in [3.05, 3.63) is 0 Å². The van der Waals surface area contributed by atoms with Crippen molar-refractivity contribution >= 4 is 0 Å². The number of piperidine rings is 1. The van der Waals surface area contributed by atoms with Crippen molar-refractivity contribution in [2.24, 2.45) is 5.73 Å². The maximum absolute atomic E-state index is 13.4. The van der Waals surface area contributed by atoms with E-state index >= 15 is 0 Å². The van der Waals surface area contributed by atoms with Crippen LogP contribution in [-0.4, -0.2) is 36.2 Å². The summed E-state index contributed by atoms with van der Waals surface area (Å²) in [6, 6.07) is 0.467. The topological polar surface area (TPSA) is 29.3 Å². The fourth-order valence-electron chi connectivity index (χ4n) is 2.44. The molecule has 0 amide bonds. The summed E-state index contributed by atoms with van der Waals surface area (Å²) in [4.78, 5) is 2.16. The van der Waals surface area contributed by atoms with Gasteiger partial charge in [0.05, 0.1) is 0 Å². The maximum atomic E-state index is 13.4. The first-order valence-corrected chi connectivity index (χ1v) is 4.31. The summed E-state index contributed by atoms with van der Waals surface area (Å²) < 4.78 is 13.4. The lowest BCUT2D eigenvalue weighted by atomic mass is 9.97. The Bertz CT molecular complexity index is 162. The minimum Gasteiger partial charge on any atom is -0.325 e. The molecule has 0 saturated carbocycles. The highest BCUT2D eigenvalue weighted by Gasteiger charge is 2.44. The molecule has 2 nitrogen and oxygen atoms in total. The lowest BCUT2D eigenvalue weighted by molar-refractivity contribution is 0.0721. The molecule has 0 aromatic heterocycles. The molecule has 0 spiro atoms. The molecule has 0 aromatic rings. The normalized spacial score (nSPS) is 51.5. The Morgan fingerprint density at radius 2 is 2.18 bits per heavy atom. The van der Waals surface area contributed by atoms with Gasteiger partial charge in [-0.3, -0.25) is 4.90 Å². The van der Waals surface area contributed by atoms with E-state index in [1.807, 2.05) is 7.05 Å². The van der Waals surface area contributed by atoms with Gasteiger partial charge in [-0.15, -0.1) is 0 Å². The molecular weight excluding hydrogens is 143 g/mol. The number of hydrogen-bond acceptors (Lipinski definition) is 2. The molecule has 0 aromatic carbocycles. The van der Waals surface area contributed by atoms with Gasteiger partial charge in [-0.25, -0.2) is 4.39 Å². The summed E-state index contributed by atoms with van der Waals surface area (Å²) in [5, 5.41) is 0. The van der Waals surface area contributed by atoms with E-state index in [1.54, 1.807) is 0 Å². The molecule has 11 heavy (non-hydrogen) atoms. The van der Waals surface area contributed by atoms with Crippen molar-refractivity contribution in [2.75, 3.05) is 7.05 Å². The minimum absolute atomic E-state index is 0.115. The van der Waals surface area contributed by atoms with E-state index < -0.39 is 6.17 Å². The molecule has 2 saturated heterocycles. The Hall–Kier alpha value is -0.150. The third kappa shape index (κ3) is 0.983. The van der Waals surface area contributed by atoms with Crippen LogP contribution in [0.25, 0.3) is 0 Å². The summed E-state index contributed by atoms with van der Waals surface area (Å²) in [6.45, 7) is 0. The quantitative estimate of drug-likeness (QED) is 0.557. The number of hydrogen-bond donors (Lipinski definition) is 1. The van der Waals surface area contributed by atoms with Crippen LogP contribution >= 0.6 is 0 Å². The molecule has 2 rings (SSSR count). The largest absolute Gasteiger partial charge is 0.325 e. The van der Waals surface area contributed by atoms with Crippen molar-refractivity contribution in [1.29, 1.82) is 0 Å². The van der Waals surface area contributed by atoms with Gasteiger partial charge in [-0.05, 0) is 26.3 Å². The van der Waals surface area contributed by atoms with Gasteiger partial charge in [0.15, 0.2) is 0 Å². The van der Waals surface area contributed by atoms with Crippen molar-refractivity contribution < 1.29 is 4.39 Å². The monoisotopic (exact) mass is 158 g/mol. The highest BCUT2D eigenvalue weighted by atomic mass is 19.1. The summed E-state index contributed by atoms with van der Waals surface area (Å²) in [5.74, 6) is 0. The van der Waals surface area contributed by atoms with Crippen LogP contribution in [0.2, 0.25) is 0 Å². The molecule has 0 aliphatic carbocycles. The van der Waals surface area contributed by atoms with Crippen LogP contribution in [0.4, 0.5) is 4.39 Å². The summed E-state index contributed by atoms with van der Waals surface area (Å²) in [7, 11) is 2.01. The third-order valence-electron chi connectivity index (χ3n) is 3.22. The molecule has 0 radical (unpaired) electrons. The van der Waals surface area contributed by atoms with Gasteiger partial charge in [-0.1, -0.05) is 0 Å². The second kappa shape index (κ2) is 2.42. The highest BCUT2D eigenvalue weighted by Crippen LogP contribution is 2.35. The van der Waals surface area contributed by atoms with Gasteiger partial charge in [0.1, 0.15) is 6.17 Å². The van der Waals surface area contributed by atoms with Crippen molar-refractivity contribution in [1.82, 2.24) is 4.90 Å². The SMILES string of the molecule is CN1[C@@H]2CC[C@H]1[C@H](F)[C@@H](N)C2. The van der Waals surface area contributed by atoms with E-state index in [9.17, 15) is 4.39 Å². The lowest BCUT2D eigenvalue weighted by Gasteiger charge is -2.37.